The van der Waals surface area contributed by atoms with Gasteiger partial charge in [-0.15, -0.1) is 0 Å². The van der Waals surface area contributed by atoms with Gasteiger partial charge in [-0.3, -0.25) is 14.2 Å². The molecular weight excluding hydrogens is 322 g/mol. The molecule has 0 fully saturated rings. The number of hydrogen-bond donors (Lipinski definition) is 1. The third-order valence-electron chi connectivity index (χ3n) is 3.16. The van der Waals surface area contributed by atoms with Gasteiger partial charge in [-0.05, 0) is 35.8 Å². The van der Waals surface area contributed by atoms with Gasteiger partial charge in [0.25, 0.3) is 0 Å². The number of halogens is 1. The normalized spacial score (nSPS) is 10.8. The van der Waals surface area contributed by atoms with Crippen LogP contribution in [0.1, 0.15) is 24.7 Å². The van der Waals surface area contributed by atoms with E-state index in [-0.39, 0.29) is 5.91 Å². The number of aryl methyl sites for hydroxylation is 2. The summed E-state index contributed by atoms with van der Waals surface area (Å²) >= 11 is 3.40. The quantitative estimate of drug-likeness (QED) is 0.873. The fourth-order valence-corrected chi connectivity index (χ4v) is 2.23. The standard InChI is InChI=1S/C13H18BrN5O/c1-3-18-11(4-6-16-18)8-15-13(20)5-7-19-10(2)12(14)9-17-19/h4,6,9H,3,5,7-8H2,1-2H3,(H,15,20). The summed E-state index contributed by atoms with van der Waals surface area (Å²) in [5.74, 6) is 0.0138. The predicted molar refractivity (Wildman–Crippen MR) is 79.0 cm³/mol. The topological polar surface area (TPSA) is 64.7 Å². The van der Waals surface area contributed by atoms with Gasteiger partial charge in [0.15, 0.2) is 0 Å². The Morgan fingerprint density at radius 2 is 2.20 bits per heavy atom. The highest BCUT2D eigenvalue weighted by atomic mass is 79.9. The number of hydrogen-bond acceptors (Lipinski definition) is 3. The predicted octanol–water partition coefficient (Wildman–Crippen LogP) is 1.88. The first-order chi connectivity index (χ1) is 9.61. The average Bonchev–Trinajstić information content (AvgIpc) is 3.02. The molecule has 0 saturated heterocycles. The minimum absolute atomic E-state index is 0.0138. The van der Waals surface area contributed by atoms with Crippen molar-refractivity contribution in [3.8, 4) is 0 Å². The van der Waals surface area contributed by atoms with Crippen molar-refractivity contribution in [2.45, 2.75) is 39.9 Å². The molecule has 6 nitrogen and oxygen atoms in total. The Balaban J connectivity index is 1.80. The van der Waals surface area contributed by atoms with E-state index in [2.05, 4.69) is 31.4 Å². The molecule has 0 saturated carbocycles. The smallest absolute Gasteiger partial charge is 0.222 e. The van der Waals surface area contributed by atoms with Gasteiger partial charge in [0, 0.05) is 31.4 Å². The molecule has 20 heavy (non-hydrogen) atoms. The molecule has 2 aromatic rings. The van der Waals surface area contributed by atoms with Gasteiger partial charge in [-0.25, -0.2) is 0 Å². The second kappa shape index (κ2) is 6.69. The highest BCUT2D eigenvalue weighted by Crippen LogP contribution is 2.14. The fourth-order valence-electron chi connectivity index (χ4n) is 1.93. The summed E-state index contributed by atoms with van der Waals surface area (Å²) in [6.07, 6.45) is 3.90. The molecule has 108 valence electrons. The lowest BCUT2D eigenvalue weighted by atomic mass is 10.3. The van der Waals surface area contributed by atoms with Crippen molar-refractivity contribution in [3.63, 3.8) is 0 Å². The molecule has 0 aliphatic rings. The Kier molecular flexibility index (Phi) is 4.94. The minimum atomic E-state index is 0.0138. The molecule has 0 unspecified atom stereocenters. The molecule has 7 heteroatoms. The lowest BCUT2D eigenvalue weighted by molar-refractivity contribution is -0.121. The molecule has 2 heterocycles. The molecule has 0 atom stereocenters. The van der Waals surface area contributed by atoms with E-state index < -0.39 is 0 Å². The molecule has 2 rings (SSSR count). The Morgan fingerprint density at radius 1 is 1.40 bits per heavy atom. The Labute approximate surface area is 126 Å². The van der Waals surface area contributed by atoms with Crippen LogP contribution in [0.2, 0.25) is 0 Å². The number of nitrogens with one attached hydrogen (secondary N) is 1. The molecule has 0 aromatic carbocycles. The Bertz CT molecular complexity index is 589. The highest BCUT2D eigenvalue weighted by molar-refractivity contribution is 9.10. The van der Waals surface area contributed by atoms with Crippen LogP contribution in [0.5, 0.6) is 0 Å². The van der Waals surface area contributed by atoms with Crippen LogP contribution in [0.25, 0.3) is 0 Å². The highest BCUT2D eigenvalue weighted by Gasteiger charge is 2.07. The maximum absolute atomic E-state index is 11.8. The minimum Gasteiger partial charge on any atom is -0.350 e. The molecule has 2 aromatic heterocycles. The maximum atomic E-state index is 11.8. The SMILES string of the molecule is CCn1nccc1CNC(=O)CCn1ncc(Br)c1C. The summed E-state index contributed by atoms with van der Waals surface area (Å²) in [7, 11) is 0. The molecule has 0 aliphatic heterocycles. The van der Waals surface area contributed by atoms with E-state index >= 15 is 0 Å². The monoisotopic (exact) mass is 339 g/mol. The third kappa shape index (κ3) is 3.47. The summed E-state index contributed by atoms with van der Waals surface area (Å²) in [6.45, 7) is 5.88. The number of aromatic nitrogens is 4. The molecular formula is C13H18BrN5O. The van der Waals surface area contributed by atoms with Gasteiger partial charge < -0.3 is 5.32 Å². The van der Waals surface area contributed by atoms with Crippen molar-refractivity contribution in [2.75, 3.05) is 0 Å². The number of rotatable bonds is 6. The van der Waals surface area contributed by atoms with Gasteiger partial charge in [0.2, 0.25) is 5.91 Å². The van der Waals surface area contributed by atoms with Crippen LogP contribution in [0.15, 0.2) is 22.9 Å². The van der Waals surface area contributed by atoms with E-state index in [4.69, 9.17) is 0 Å². The van der Waals surface area contributed by atoms with Crippen LogP contribution >= 0.6 is 15.9 Å². The van der Waals surface area contributed by atoms with Crippen molar-refractivity contribution in [2.24, 2.45) is 0 Å². The first-order valence-electron chi connectivity index (χ1n) is 6.57. The average molecular weight is 340 g/mol. The van der Waals surface area contributed by atoms with Crippen molar-refractivity contribution in [1.82, 2.24) is 24.9 Å². The van der Waals surface area contributed by atoms with Crippen molar-refractivity contribution >= 4 is 21.8 Å². The Hall–Kier alpha value is -1.63. The van der Waals surface area contributed by atoms with Crippen molar-refractivity contribution in [3.05, 3.63) is 34.3 Å². The summed E-state index contributed by atoms with van der Waals surface area (Å²) in [5, 5.41) is 11.3. The number of carbonyl (C=O) groups is 1. The van der Waals surface area contributed by atoms with E-state index in [1.54, 1.807) is 12.4 Å². The van der Waals surface area contributed by atoms with Crippen LogP contribution in [-0.4, -0.2) is 25.5 Å². The van der Waals surface area contributed by atoms with Crippen molar-refractivity contribution in [1.29, 1.82) is 0 Å². The van der Waals surface area contributed by atoms with Crippen LogP contribution < -0.4 is 5.32 Å². The van der Waals surface area contributed by atoms with Crippen LogP contribution in [0.4, 0.5) is 0 Å². The lowest BCUT2D eigenvalue weighted by Crippen LogP contribution is -2.25. The fraction of sp³-hybridized carbons (Fsp3) is 0.462. The molecule has 0 aliphatic carbocycles. The third-order valence-corrected chi connectivity index (χ3v) is 3.94. The molecule has 1 amide bonds. The zero-order valence-electron chi connectivity index (χ0n) is 11.6. The van der Waals surface area contributed by atoms with Crippen LogP contribution in [0, 0.1) is 6.92 Å². The lowest BCUT2D eigenvalue weighted by Gasteiger charge is -2.08. The van der Waals surface area contributed by atoms with E-state index in [1.165, 1.54) is 0 Å². The number of carbonyl (C=O) groups excluding carboxylic acids is 1. The van der Waals surface area contributed by atoms with E-state index in [0.29, 0.717) is 19.5 Å². The van der Waals surface area contributed by atoms with Gasteiger partial charge in [0.05, 0.1) is 22.9 Å². The zero-order valence-corrected chi connectivity index (χ0v) is 13.2. The van der Waals surface area contributed by atoms with Crippen LogP contribution in [-0.2, 0) is 24.4 Å². The maximum Gasteiger partial charge on any atom is 0.222 e. The summed E-state index contributed by atoms with van der Waals surface area (Å²) < 4.78 is 4.65. The molecule has 0 radical (unpaired) electrons. The van der Waals surface area contributed by atoms with Gasteiger partial charge in [-0.2, -0.15) is 10.2 Å². The summed E-state index contributed by atoms with van der Waals surface area (Å²) in [6, 6.07) is 1.92. The van der Waals surface area contributed by atoms with Crippen LogP contribution in [0.3, 0.4) is 0 Å². The van der Waals surface area contributed by atoms with Gasteiger partial charge >= 0.3 is 0 Å². The number of nitrogens with zero attached hydrogens (tertiary/aromatic N) is 4. The van der Waals surface area contributed by atoms with E-state index in [1.807, 2.05) is 29.3 Å². The molecule has 0 spiro atoms. The van der Waals surface area contributed by atoms with E-state index in [9.17, 15) is 4.79 Å². The largest absolute Gasteiger partial charge is 0.350 e. The molecule has 1 N–H and O–H groups in total. The first-order valence-corrected chi connectivity index (χ1v) is 7.36. The summed E-state index contributed by atoms with van der Waals surface area (Å²) in [5.41, 5.74) is 2.04. The van der Waals surface area contributed by atoms with Gasteiger partial charge in [0.1, 0.15) is 0 Å². The number of amides is 1. The zero-order chi connectivity index (χ0) is 14.5. The first kappa shape index (κ1) is 14.8. The van der Waals surface area contributed by atoms with E-state index in [0.717, 1.165) is 22.4 Å². The second-order valence-electron chi connectivity index (χ2n) is 4.47. The summed E-state index contributed by atoms with van der Waals surface area (Å²) in [4.78, 5) is 11.8. The Morgan fingerprint density at radius 3 is 2.85 bits per heavy atom. The second-order valence-corrected chi connectivity index (χ2v) is 5.32. The molecule has 0 bridgehead atoms. The van der Waals surface area contributed by atoms with Gasteiger partial charge in [-0.1, -0.05) is 0 Å². The van der Waals surface area contributed by atoms with Crippen molar-refractivity contribution < 1.29 is 4.79 Å².